The Morgan fingerprint density at radius 3 is 1.62 bits per heavy atom. The molecule has 0 saturated carbocycles. The average molecular weight is 503 g/mol. The molecule has 188 valence electrons. The molecule has 0 spiro atoms. The quantitative estimate of drug-likeness (QED) is 0.271. The van der Waals surface area contributed by atoms with Crippen molar-refractivity contribution in [2.75, 3.05) is 6.61 Å². The first-order chi connectivity index (χ1) is 13.9. The van der Waals surface area contributed by atoms with Gasteiger partial charge in [0.05, 0.1) is 12.7 Å². The molecular formula is C24H50O5Si3. The molecule has 0 radical (unpaired) electrons. The van der Waals surface area contributed by atoms with Gasteiger partial charge in [-0.05, 0) is 54.4 Å². The van der Waals surface area contributed by atoms with Crippen LogP contribution in [0.25, 0.3) is 0 Å². The lowest BCUT2D eigenvalue weighted by Gasteiger charge is -2.46. The van der Waals surface area contributed by atoms with Crippen molar-refractivity contribution in [1.29, 1.82) is 0 Å². The Balaban J connectivity index is 3.36. The van der Waals surface area contributed by atoms with Crippen LogP contribution in [0.3, 0.4) is 0 Å². The Morgan fingerprint density at radius 1 is 0.781 bits per heavy atom. The second-order valence-electron chi connectivity index (χ2n) is 13.8. The van der Waals surface area contributed by atoms with Crippen molar-refractivity contribution >= 4 is 30.9 Å². The van der Waals surface area contributed by atoms with Crippen molar-refractivity contribution in [3.05, 3.63) is 11.8 Å². The van der Waals surface area contributed by atoms with Crippen LogP contribution in [0.5, 0.6) is 0 Å². The van der Waals surface area contributed by atoms with Crippen molar-refractivity contribution in [3.8, 4) is 0 Å². The molecule has 1 aliphatic rings. The van der Waals surface area contributed by atoms with Crippen molar-refractivity contribution in [3.63, 3.8) is 0 Å². The minimum absolute atomic E-state index is 0.00382. The summed E-state index contributed by atoms with van der Waals surface area (Å²) < 4.78 is 25.8. The molecule has 0 aromatic rings. The zero-order valence-electron chi connectivity index (χ0n) is 23.5. The number of ether oxygens (including phenoxy) is 1. The van der Waals surface area contributed by atoms with Crippen LogP contribution in [0, 0.1) is 0 Å². The molecule has 0 aromatic carbocycles. The van der Waals surface area contributed by atoms with Gasteiger partial charge in [0.1, 0.15) is 11.9 Å². The lowest BCUT2D eigenvalue weighted by Crippen LogP contribution is -2.54. The minimum Gasteiger partial charge on any atom is -0.544 e. The third-order valence-electron chi connectivity index (χ3n) is 7.97. The van der Waals surface area contributed by atoms with E-state index in [4.69, 9.17) is 18.0 Å². The molecule has 0 saturated heterocycles. The van der Waals surface area contributed by atoms with Gasteiger partial charge in [0, 0.05) is 0 Å². The van der Waals surface area contributed by atoms with Gasteiger partial charge in [-0.25, -0.2) is 4.79 Å². The molecule has 8 heteroatoms. The van der Waals surface area contributed by atoms with E-state index < -0.39 is 37.2 Å². The largest absolute Gasteiger partial charge is 0.544 e. The van der Waals surface area contributed by atoms with Crippen LogP contribution < -0.4 is 0 Å². The number of hydrogen-bond donors (Lipinski definition) is 0. The average Bonchev–Trinajstić information content (AvgIpc) is 2.52. The maximum absolute atomic E-state index is 12.6. The summed E-state index contributed by atoms with van der Waals surface area (Å²) in [6.07, 6.45) is 0.532. The summed E-state index contributed by atoms with van der Waals surface area (Å²) in [7, 11) is -6.37. The van der Waals surface area contributed by atoms with Gasteiger partial charge in [0.2, 0.25) is 8.32 Å². The SMILES string of the molecule is CC(C)(C)[Si](C)(C)OC[C@H]1OC(=O)C=C(O[Si](C)(C)C(C)(C)C)[C@@H]1O[Si](C)(C)C(C)(C)C. The Morgan fingerprint density at radius 2 is 1.22 bits per heavy atom. The van der Waals surface area contributed by atoms with E-state index in [1.165, 1.54) is 6.08 Å². The standard InChI is InChI=1S/C24H50O5Si3/c1-22(2,3)30(10,11)26-17-19-21(29-32(14,15)24(7,8)9)18(16-20(25)27-19)28-31(12,13)23(4,5)6/h16,19,21H,17H2,1-15H3/t19-,21+/m1/s1. The van der Waals surface area contributed by atoms with E-state index in [1.54, 1.807) is 0 Å². The highest BCUT2D eigenvalue weighted by Crippen LogP contribution is 2.43. The normalized spacial score (nSPS) is 21.8. The van der Waals surface area contributed by atoms with Gasteiger partial charge in [-0.2, -0.15) is 0 Å². The zero-order chi connectivity index (χ0) is 25.6. The summed E-state index contributed by atoms with van der Waals surface area (Å²) in [5, 5.41) is 0.0863. The summed E-state index contributed by atoms with van der Waals surface area (Å²) in [6.45, 7) is 33.4. The highest BCUT2D eigenvalue weighted by molar-refractivity contribution is 6.75. The maximum Gasteiger partial charge on any atom is 0.334 e. The smallest absolute Gasteiger partial charge is 0.334 e. The number of carbonyl (C=O) groups is 1. The molecule has 2 atom stereocenters. The van der Waals surface area contributed by atoms with Gasteiger partial charge >= 0.3 is 5.97 Å². The molecule has 0 fully saturated rings. The van der Waals surface area contributed by atoms with E-state index in [0.717, 1.165) is 0 Å². The van der Waals surface area contributed by atoms with Crippen LogP contribution in [0.4, 0.5) is 0 Å². The molecule has 32 heavy (non-hydrogen) atoms. The highest BCUT2D eigenvalue weighted by Gasteiger charge is 2.48. The van der Waals surface area contributed by atoms with Crippen molar-refractivity contribution in [2.24, 2.45) is 0 Å². The second kappa shape index (κ2) is 9.32. The third kappa shape index (κ3) is 7.04. The molecule has 0 N–H and O–H groups in total. The molecule has 0 amide bonds. The van der Waals surface area contributed by atoms with E-state index in [2.05, 4.69) is 102 Å². The minimum atomic E-state index is -2.18. The number of carbonyl (C=O) groups excluding carboxylic acids is 1. The van der Waals surface area contributed by atoms with Gasteiger partial charge in [0.25, 0.3) is 0 Å². The topological polar surface area (TPSA) is 54.0 Å². The van der Waals surface area contributed by atoms with Gasteiger partial charge in [-0.3, -0.25) is 0 Å². The van der Waals surface area contributed by atoms with Gasteiger partial charge in [-0.15, -0.1) is 0 Å². The molecule has 5 nitrogen and oxygen atoms in total. The van der Waals surface area contributed by atoms with E-state index in [9.17, 15) is 4.79 Å². The molecule has 0 bridgehead atoms. The summed E-state index contributed by atoms with van der Waals surface area (Å²) in [5.74, 6) is 0.235. The number of hydrogen-bond acceptors (Lipinski definition) is 5. The first-order valence-corrected chi connectivity index (χ1v) is 20.6. The monoisotopic (exact) mass is 502 g/mol. The second-order valence-corrected chi connectivity index (χ2v) is 28.0. The molecule has 0 aromatic heterocycles. The zero-order valence-corrected chi connectivity index (χ0v) is 26.5. The Hall–Kier alpha value is -0.419. The molecule has 1 rings (SSSR count). The van der Waals surface area contributed by atoms with Crippen LogP contribution >= 0.6 is 0 Å². The summed E-state index contributed by atoms with van der Waals surface area (Å²) in [6, 6.07) is 0. The predicted molar refractivity (Wildman–Crippen MR) is 141 cm³/mol. The number of cyclic esters (lactones) is 1. The van der Waals surface area contributed by atoms with Crippen LogP contribution in [0.2, 0.25) is 54.4 Å². The van der Waals surface area contributed by atoms with E-state index in [-0.39, 0.29) is 21.1 Å². The fourth-order valence-electron chi connectivity index (χ4n) is 2.42. The van der Waals surface area contributed by atoms with Crippen LogP contribution in [-0.2, 0) is 22.8 Å². The lowest BCUT2D eigenvalue weighted by atomic mass is 10.1. The first-order valence-electron chi connectivity index (χ1n) is 11.8. The van der Waals surface area contributed by atoms with Crippen molar-refractivity contribution in [2.45, 2.75) is 129 Å². The van der Waals surface area contributed by atoms with E-state index in [1.807, 2.05) is 0 Å². The van der Waals surface area contributed by atoms with Gasteiger partial charge < -0.3 is 18.0 Å². The molecular weight excluding hydrogens is 453 g/mol. The number of rotatable bonds is 7. The van der Waals surface area contributed by atoms with Gasteiger partial charge in [-0.1, -0.05) is 62.3 Å². The maximum atomic E-state index is 12.6. The van der Waals surface area contributed by atoms with Crippen LogP contribution in [-0.4, -0.2) is 49.7 Å². The molecule has 1 aliphatic heterocycles. The summed E-state index contributed by atoms with van der Waals surface area (Å²) in [4.78, 5) is 12.6. The van der Waals surface area contributed by atoms with E-state index >= 15 is 0 Å². The Kier molecular flexibility index (Phi) is 8.63. The predicted octanol–water partition coefficient (Wildman–Crippen LogP) is 7.23. The van der Waals surface area contributed by atoms with Crippen LogP contribution in [0.15, 0.2) is 11.8 Å². The Labute approximate surface area is 201 Å². The molecule has 0 aliphatic carbocycles. The number of esters is 1. The highest BCUT2D eigenvalue weighted by atomic mass is 28.4. The summed E-state index contributed by atoms with van der Waals surface area (Å²) in [5.41, 5.74) is 0. The summed E-state index contributed by atoms with van der Waals surface area (Å²) >= 11 is 0. The third-order valence-corrected chi connectivity index (χ3v) is 21.3. The molecule has 1 heterocycles. The van der Waals surface area contributed by atoms with Crippen molar-refractivity contribution in [1.82, 2.24) is 0 Å². The fourth-order valence-corrected chi connectivity index (χ4v) is 5.76. The lowest BCUT2D eigenvalue weighted by molar-refractivity contribution is -0.153. The van der Waals surface area contributed by atoms with E-state index in [0.29, 0.717) is 12.4 Å². The fraction of sp³-hybridized carbons (Fsp3) is 0.875. The van der Waals surface area contributed by atoms with Crippen molar-refractivity contribution < 1.29 is 22.8 Å². The Bertz CT molecular complexity index is 707. The van der Waals surface area contributed by atoms with Crippen LogP contribution in [0.1, 0.15) is 62.3 Å². The first kappa shape index (κ1) is 29.6. The molecule has 0 unspecified atom stereocenters. The van der Waals surface area contributed by atoms with Gasteiger partial charge in [0.15, 0.2) is 22.7 Å².